The van der Waals surface area contributed by atoms with Crippen molar-refractivity contribution in [2.24, 2.45) is 0 Å². The van der Waals surface area contributed by atoms with Gasteiger partial charge in [-0.1, -0.05) is 11.6 Å². The molecule has 34 heavy (non-hydrogen) atoms. The molecule has 1 fully saturated rings. The van der Waals surface area contributed by atoms with E-state index in [9.17, 15) is 22.8 Å². The Hall–Kier alpha value is -2.47. The molecule has 1 N–H and O–H groups in total. The van der Waals surface area contributed by atoms with E-state index in [-0.39, 0.29) is 44.1 Å². The number of carbonyl (C=O) groups is 3. The molecule has 1 aromatic carbocycles. The molecular weight excluding hydrogens is 504 g/mol. The van der Waals surface area contributed by atoms with Gasteiger partial charge in [-0.3, -0.25) is 4.79 Å². The Morgan fingerprint density at radius 2 is 1.71 bits per heavy atom. The van der Waals surface area contributed by atoms with Crippen LogP contribution in [0.15, 0.2) is 23.1 Å². The fourth-order valence-corrected chi connectivity index (χ4v) is 6.63. The molecule has 1 amide bonds. The Balaban J connectivity index is 1.97. The smallest absolute Gasteiger partial charge is 0.348 e. The van der Waals surface area contributed by atoms with Gasteiger partial charge in [0.15, 0.2) is 0 Å². The van der Waals surface area contributed by atoms with Gasteiger partial charge in [-0.15, -0.1) is 11.3 Å². The summed E-state index contributed by atoms with van der Waals surface area (Å²) >= 11 is 7.05. The minimum absolute atomic E-state index is 0.00669. The first kappa shape index (κ1) is 26.1. The number of esters is 2. The minimum atomic E-state index is -3.86. The summed E-state index contributed by atoms with van der Waals surface area (Å²) in [6.07, 6.45) is 1.52. The van der Waals surface area contributed by atoms with Crippen LogP contribution in [0.3, 0.4) is 0 Å². The highest BCUT2D eigenvalue weighted by Gasteiger charge is 2.31. The molecule has 0 saturated carbocycles. The van der Waals surface area contributed by atoms with E-state index in [4.69, 9.17) is 21.1 Å². The number of halogens is 1. The number of rotatable bonds is 8. The topological polar surface area (TPSA) is 119 Å². The molecule has 0 unspecified atom stereocenters. The predicted molar refractivity (Wildman–Crippen MR) is 128 cm³/mol. The molecule has 1 aliphatic rings. The molecule has 0 aliphatic carbocycles. The predicted octanol–water partition coefficient (Wildman–Crippen LogP) is 4.10. The van der Waals surface area contributed by atoms with Gasteiger partial charge in [0, 0.05) is 18.7 Å². The van der Waals surface area contributed by atoms with Crippen molar-refractivity contribution in [3.63, 3.8) is 0 Å². The number of carbonyl (C=O) groups excluding carboxylic acids is 3. The van der Waals surface area contributed by atoms with Gasteiger partial charge in [0.2, 0.25) is 10.0 Å². The van der Waals surface area contributed by atoms with Crippen molar-refractivity contribution in [2.45, 2.75) is 38.5 Å². The lowest BCUT2D eigenvalue weighted by atomic mass is 10.1. The first-order valence-electron chi connectivity index (χ1n) is 10.7. The molecule has 3 rings (SSSR count). The molecule has 1 aromatic heterocycles. The van der Waals surface area contributed by atoms with Crippen LogP contribution in [0.25, 0.3) is 0 Å². The maximum absolute atomic E-state index is 13.1. The molecule has 1 aliphatic heterocycles. The summed E-state index contributed by atoms with van der Waals surface area (Å²) in [4.78, 5) is 37.9. The first-order valence-corrected chi connectivity index (χ1v) is 13.3. The highest BCUT2D eigenvalue weighted by molar-refractivity contribution is 7.89. The van der Waals surface area contributed by atoms with Crippen molar-refractivity contribution in [1.29, 1.82) is 0 Å². The van der Waals surface area contributed by atoms with Crippen LogP contribution in [0.1, 0.15) is 62.6 Å². The van der Waals surface area contributed by atoms with Gasteiger partial charge in [0.05, 0.1) is 23.8 Å². The molecule has 2 heterocycles. The summed E-state index contributed by atoms with van der Waals surface area (Å²) in [7, 11) is -3.86. The van der Waals surface area contributed by atoms with Crippen LogP contribution in [0, 0.1) is 6.92 Å². The van der Waals surface area contributed by atoms with E-state index in [1.54, 1.807) is 20.8 Å². The lowest BCUT2D eigenvalue weighted by Crippen LogP contribution is -2.28. The van der Waals surface area contributed by atoms with Crippen LogP contribution < -0.4 is 5.32 Å². The largest absolute Gasteiger partial charge is 0.462 e. The average molecular weight is 529 g/mol. The zero-order chi connectivity index (χ0) is 25.0. The summed E-state index contributed by atoms with van der Waals surface area (Å²) in [5.74, 6) is -1.99. The molecule has 0 bridgehead atoms. The molecular formula is C22H25ClN2O7S2. The summed E-state index contributed by atoms with van der Waals surface area (Å²) < 4.78 is 37.4. The van der Waals surface area contributed by atoms with E-state index in [1.165, 1.54) is 22.5 Å². The van der Waals surface area contributed by atoms with Gasteiger partial charge in [0.25, 0.3) is 5.91 Å². The zero-order valence-corrected chi connectivity index (χ0v) is 21.4. The fourth-order valence-electron chi connectivity index (χ4n) is 3.53. The Labute approximate surface area is 207 Å². The van der Waals surface area contributed by atoms with E-state index >= 15 is 0 Å². The standard InChI is InChI=1S/C22H25ClN2O7S2/c1-4-31-21(27)17-13(3)18(22(28)32-5-2)33-20(17)24-19(26)14-8-9-15(23)16(12-14)34(29,30)25-10-6-7-11-25/h8-9,12H,4-7,10-11H2,1-3H3,(H,24,26). The molecule has 1 saturated heterocycles. The van der Waals surface area contributed by atoms with E-state index in [2.05, 4.69) is 5.32 Å². The van der Waals surface area contributed by atoms with E-state index in [0.29, 0.717) is 18.7 Å². The van der Waals surface area contributed by atoms with Crippen LogP contribution in [-0.2, 0) is 19.5 Å². The summed E-state index contributed by atoms with van der Waals surface area (Å²) in [5.41, 5.74) is 0.397. The number of nitrogens with zero attached hydrogens (tertiary/aromatic N) is 1. The molecule has 0 radical (unpaired) electrons. The van der Waals surface area contributed by atoms with Crippen molar-refractivity contribution in [3.8, 4) is 0 Å². The second kappa shape index (κ2) is 10.9. The first-order chi connectivity index (χ1) is 16.1. The lowest BCUT2D eigenvalue weighted by molar-refractivity contribution is 0.0527. The Kier molecular flexibility index (Phi) is 8.34. The number of sulfonamides is 1. The Bertz CT molecular complexity index is 1220. The number of nitrogens with one attached hydrogen (secondary N) is 1. The SMILES string of the molecule is CCOC(=O)c1sc(NC(=O)c2ccc(Cl)c(S(=O)(=O)N3CCCC3)c2)c(C(=O)OCC)c1C. The molecule has 2 aromatic rings. The summed E-state index contributed by atoms with van der Waals surface area (Å²) in [6, 6.07) is 3.94. The summed E-state index contributed by atoms with van der Waals surface area (Å²) in [6.45, 7) is 5.89. The van der Waals surface area contributed by atoms with Crippen LogP contribution in [0.4, 0.5) is 5.00 Å². The van der Waals surface area contributed by atoms with E-state index in [1.807, 2.05) is 0 Å². The van der Waals surface area contributed by atoms with Gasteiger partial charge >= 0.3 is 11.9 Å². The third kappa shape index (κ3) is 5.27. The average Bonchev–Trinajstić information content (AvgIpc) is 3.43. The quantitative estimate of drug-likeness (QED) is 0.512. The van der Waals surface area contributed by atoms with Crippen molar-refractivity contribution in [3.05, 3.63) is 44.8 Å². The second-order valence-electron chi connectivity index (χ2n) is 7.41. The molecule has 0 spiro atoms. The van der Waals surface area contributed by atoms with Crippen molar-refractivity contribution >= 4 is 55.8 Å². The molecule has 0 atom stereocenters. The van der Waals surface area contributed by atoms with Crippen LogP contribution in [-0.4, -0.2) is 56.9 Å². The third-order valence-electron chi connectivity index (χ3n) is 5.19. The number of thiophene rings is 1. The highest BCUT2D eigenvalue weighted by atomic mass is 35.5. The van der Waals surface area contributed by atoms with Crippen LogP contribution in [0.2, 0.25) is 5.02 Å². The van der Waals surface area contributed by atoms with Crippen molar-refractivity contribution < 1.29 is 32.3 Å². The number of anilines is 1. The van der Waals surface area contributed by atoms with Crippen LogP contribution >= 0.6 is 22.9 Å². The van der Waals surface area contributed by atoms with Gasteiger partial charge in [0.1, 0.15) is 14.8 Å². The van der Waals surface area contributed by atoms with Crippen LogP contribution in [0.5, 0.6) is 0 Å². The van der Waals surface area contributed by atoms with Gasteiger partial charge in [-0.2, -0.15) is 4.31 Å². The number of ether oxygens (including phenoxy) is 2. The lowest BCUT2D eigenvalue weighted by Gasteiger charge is -2.17. The normalized spacial score (nSPS) is 14.1. The monoisotopic (exact) mass is 528 g/mol. The Morgan fingerprint density at radius 3 is 2.32 bits per heavy atom. The molecule has 9 nitrogen and oxygen atoms in total. The second-order valence-corrected chi connectivity index (χ2v) is 10.7. The van der Waals surface area contributed by atoms with Gasteiger partial charge in [-0.05, 0) is 57.4 Å². The minimum Gasteiger partial charge on any atom is -0.462 e. The van der Waals surface area contributed by atoms with Crippen molar-refractivity contribution in [1.82, 2.24) is 4.31 Å². The molecule has 184 valence electrons. The van der Waals surface area contributed by atoms with Gasteiger partial charge < -0.3 is 14.8 Å². The summed E-state index contributed by atoms with van der Waals surface area (Å²) in [5, 5.41) is 2.72. The Morgan fingerprint density at radius 1 is 1.09 bits per heavy atom. The number of amides is 1. The third-order valence-corrected chi connectivity index (χ3v) is 8.76. The van der Waals surface area contributed by atoms with E-state index in [0.717, 1.165) is 24.2 Å². The van der Waals surface area contributed by atoms with Crippen molar-refractivity contribution in [2.75, 3.05) is 31.6 Å². The highest BCUT2D eigenvalue weighted by Crippen LogP contribution is 2.35. The van der Waals surface area contributed by atoms with E-state index < -0.39 is 27.9 Å². The number of hydrogen-bond donors (Lipinski definition) is 1. The number of benzene rings is 1. The molecule has 12 heteroatoms. The van der Waals surface area contributed by atoms with Gasteiger partial charge in [-0.25, -0.2) is 18.0 Å². The fraction of sp³-hybridized carbons (Fsp3) is 0.409. The maximum Gasteiger partial charge on any atom is 0.348 e. The maximum atomic E-state index is 13.1. The zero-order valence-electron chi connectivity index (χ0n) is 19.0. The number of hydrogen-bond acceptors (Lipinski definition) is 8.